The molecule has 76 heavy (non-hydrogen) atoms. The lowest BCUT2D eigenvalue weighted by atomic mass is 9.97. The molecule has 2 saturated heterocycles. The largest absolute Gasteiger partial charge is 0.394 e. The van der Waals surface area contributed by atoms with Crippen LogP contribution >= 0.6 is 0 Å². The fraction of sp³-hybridized carbons (Fsp3) is 0.823. The molecule has 14 nitrogen and oxygen atoms in total. The predicted octanol–water partition coefficient (Wildman–Crippen LogP) is 10.6. The third-order valence-corrected chi connectivity index (χ3v) is 14.7. The minimum absolute atomic E-state index is 0.254. The van der Waals surface area contributed by atoms with E-state index >= 15 is 0 Å². The summed E-state index contributed by atoms with van der Waals surface area (Å²) in [5.74, 6) is -0.254. The maximum absolute atomic E-state index is 13.2. The molecule has 0 aromatic rings. The molecular weight excluding hydrogens is 967 g/mol. The van der Waals surface area contributed by atoms with Gasteiger partial charge in [-0.3, -0.25) is 4.79 Å². The lowest BCUT2D eigenvalue weighted by Crippen LogP contribution is -2.65. The number of rotatable bonds is 48. The van der Waals surface area contributed by atoms with Gasteiger partial charge < -0.3 is 65.1 Å². The van der Waals surface area contributed by atoms with Gasteiger partial charge in [-0.2, -0.15) is 0 Å². The van der Waals surface area contributed by atoms with Crippen LogP contribution in [0.4, 0.5) is 0 Å². The number of unbranched alkanes of at least 4 members (excludes halogenated alkanes) is 27. The zero-order valence-electron chi connectivity index (χ0n) is 47.5. The summed E-state index contributed by atoms with van der Waals surface area (Å²) >= 11 is 0. The Kier molecular flexibility index (Phi) is 43.6. The molecule has 14 heteroatoms. The van der Waals surface area contributed by atoms with E-state index in [9.17, 15) is 45.6 Å². The molecule has 0 saturated carbocycles. The van der Waals surface area contributed by atoms with Crippen molar-refractivity contribution >= 4 is 5.91 Å². The quantitative estimate of drug-likeness (QED) is 0.0204. The number of hydrogen-bond acceptors (Lipinski definition) is 13. The van der Waals surface area contributed by atoms with Crippen LogP contribution in [-0.2, 0) is 23.7 Å². The van der Waals surface area contributed by atoms with Crippen molar-refractivity contribution in [3.63, 3.8) is 0 Å². The highest BCUT2D eigenvalue weighted by molar-refractivity contribution is 5.76. The van der Waals surface area contributed by atoms with Gasteiger partial charge in [0.05, 0.1) is 32.0 Å². The van der Waals surface area contributed by atoms with Crippen molar-refractivity contribution in [2.75, 3.05) is 19.8 Å². The second kappa shape index (κ2) is 47.5. The maximum atomic E-state index is 13.2. The summed E-state index contributed by atoms with van der Waals surface area (Å²) in [5, 5.41) is 87.0. The molecule has 12 unspecified atom stereocenters. The smallest absolute Gasteiger partial charge is 0.220 e. The van der Waals surface area contributed by atoms with Gasteiger partial charge in [0.25, 0.3) is 0 Å². The van der Waals surface area contributed by atoms with Crippen LogP contribution in [0.25, 0.3) is 0 Å². The van der Waals surface area contributed by atoms with Gasteiger partial charge in [-0.1, -0.05) is 209 Å². The van der Waals surface area contributed by atoms with E-state index in [0.717, 1.165) is 51.4 Å². The average Bonchev–Trinajstić information content (AvgIpc) is 3.42. The van der Waals surface area contributed by atoms with Gasteiger partial charge in [0, 0.05) is 6.42 Å². The molecular formula is C62H111NO13. The van der Waals surface area contributed by atoms with Gasteiger partial charge in [0.2, 0.25) is 5.91 Å². The summed E-state index contributed by atoms with van der Waals surface area (Å²) in [6.45, 7) is 2.73. The van der Waals surface area contributed by atoms with Crippen LogP contribution in [0.5, 0.6) is 0 Å². The number of carbonyl (C=O) groups excluding carboxylic acids is 1. The number of ether oxygens (including phenoxy) is 4. The Hall–Kier alpha value is -2.31. The Bertz CT molecular complexity index is 1510. The van der Waals surface area contributed by atoms with Gasteiger partial charge in [0.15, 0.2) is 12.6 Å². The van der Waals surface area contributed by atoms with Crippen LogP contribution in [0.3, 0.4) is 0 Å². The number of nitrogens with one attached hydrogen (secondary N) is 1. The van der Waals surface area contributed by atoms with E-state index in [-0.39, 0.29) is 18.9 Å². The van der Waals surface area contributed by atoms with E-state index in [4.69, 9.17) is 18.9 Å². The van der Waals surface area contributed by atoms with Crippen molar-refractivity contribution in [2.24, 2.45) is 0 Å². The Balaban J connectivity index is 1.69. The van der Waals surface area contributed by atoms with Crippen LogP contribution < -0.4 is 5.32 Å². The Labute approximate surface area is 460 Å². The first-order valence-corrected chi connectivity index (χ1v) is 30.5. The van der Waals surface area contributed by atoms with Crippen LogP contribution in [0.2, 0.25) is 0 Å². The van der Waals surface area contributed by atoms with E-state index in [0.29, 0.717) is 12.8 Å². The molecule has 0 spiro atoms. The molecule has 2 rings (SSSR count). The number of hydrogen-bond donors (Lipinski definition) is 9. The fourth-order valence-corrected chi connectivity index (χ4v) is 9.71. The zero-order chi connectivity index (χ0) is 55.3. The predicted molar refractivity (Wildman–Crippen MR) is 304 cm³/mol. The number of amides is 1. The molecule has 442 valence electrons. The van der Waals surface area contributed by atoms with Gasteiger partial charge in [-0.15, -0.1) is 0 Å². The van der Waals surface area contributed by atoms with Crippen molar-refractivity contribution in [3.05, 3.63) is 60.8 Å². The van der Waals surface area contributed by atoms with Crippen molar-refractivity contribution in [2.45, 2.75) is 306 Å². The minimum atomic E-state index is -1.79. The molecule has 0 bridgehead atoms. The molecule has 2 aliphatic rings. The molecule has 2 fully saturated rings. The maximum Gasteiger partial charge on any atom is 0.220 e. The van der Waals surface area contributed by atoms with Crippen LogP contribution in [0.1, 0.15) is 232 Å². The highest BCUT2D eigenvalue weighted by atomic mass is 16.7. The lowest BCUT2D eigenvalue weighted by Gasteiger charge is -2.46. The number of aliphatic hydroxyl groups excluding tert-OH is 8. The topological polar surface area (TPSA) is 228 Å². The molecule has 12 atom stereocenters. The first-order valence-electron chi connectivity index (χ1n) is 30.5. The first kappa shape index (κ1) is 69.8. The van der Waals surface area contributed by atoms with E-state index in [1.807, 2.05) is 6.08 Å². The fourth-order valence-electron chi connectivity index (χ4n) is 9.71. The van der Waals surface area contributed by atoms with Gasteiger partial charge in [-0.25, -0.2) is 0 Å². The number of aliphatic hydroxyl groups is 8. The van der Waals surface area contributed by atoms with Crippen LogP contribution in [0.15, 0.2) is 60.8 Å². The Morgan fingerprint density at radius 2 is 0.882 bits per heavy atom. The summed E-state index contributed by atoms with van der Waals surface area (Å²) in [4.78, 5) is 13.2. The molecule has 1 amide bonds. The standard InChI is InChI=1S/C62H111NO13/c1-3-5-7-9-11-13-15-17-18-19-20-21-22-23-24-25-26-27-28-29-30-31-32-34-36-38-40-42-44-46-54(67)63-50(51(66)45-43-41-39-37-35-33-16-14-12-10-8-6-4-2)49-73-61-59(72)57(70)60(53(48-65)75-61)76-62-58(71)56(69)55(68)52(47-64)74-62/h12,14-15,17,19-20,35,37,43,45,50-53,55-62,64-66,68-72H,3-11,13,16,18,21-34,36,38-42,44,46-49H2,1-2H3,(H,63,67)/b14-12+,17-15-,20-19-,37-35+,45-43+. The van der Waals surface area contributed by atoms with E-state index in [2.05, 4.69) is 67.8 Å². The summed E-state index contributed by atoms with van der Waals surface area (Å²) in [6, 6.07) is -0.938. The van der Waals surface area contributed by atoms with Gasteiger partial charge in [0.1, 0.15) is 48.8 Å². The SMILES string of the molecule is CCCCC/C=C/CC/C=C/CC/C=C/C(O)C(COC1OC(CO)C(OC2OC(CO)C(O)C(O)C2O)C(O)C1O)NC(=O)CCCCCCCCCCCCCCCCCCC/C=C\C/C=C\CCCCCCC. The van der Waals surface area contributed by atoms with Crippen molar-refractivity contribution in [1.29, 1.82) is 0 Å². The number of carbonyl (C=O) groups is 1. The van der Waals surface area contributed by atoms with E-state index in [1.165, 1.54) is 148 Å². The summed E-state index contributed by atoms with van der Waals surface area (Å²) in [5.41, 5.74) is 0. The number of allylic oxidation sites excluding steroid dienone is 9. The van der Waals surface area contributed by atoms with Crippen molar-refractivity contribution in [1.82, 2.24) is 5.32 Å². The minimum Gasteiger partial charge on any atom is -0.394 e. The molecule has 0 radical (unpaired) electrons. The third-order valence-electron chi connectivity index (χ3n) is 14.7. The van der Waals surface area contributed by atoms with Gasteiger partial charge in [-0.05, 0) is 77.0 Å². The second-order valence-corrected chi connectivity index (χ2v) is 21.5. The summed E-state index contributed by atoms with van der Waals surface area (Å²) in [7, 11) is 0. The van der Waals surface area contributed by atoms with Crippen molar-refractivity contribution < 1.29 is 64.6 Å². The average molecular weight is 1080 g/mol. The molecule has 0 aromatic carbocycles. The normalized spacial score (nSPS) is 25.3. The van der Waals surface area contributed by atoms with Gasteiger partial charge >= 0.3 is 0 Å². The molecule has 9 N–H and O–H groups in total. The lowest BCUT2D eigenvalue weighted by molar-refractivity contribution is -0.359. The molecule has 0 aliphatic carbocycles. The highest BCUT2D eigenvalue weighted by Crippen LogP contribution is 2.30. The highest BCUT2D eigenvalue weighted by Gasteiger charge is 2.51. The Morgan fingerprint density at radius 1 is 0.474 bits per heavy atom. The molecule has 2 aliphatic heterocycles. The second-order valence-electron chi connectivity index (χ2n) is 21.5. The third kappa shape index (κ3) is 32.7. The molecule has 0 aromatic heterocycles. The Morgan fingerprint density at radius 3 is 1.39 bits per heavy atom. The zero-order valence-corrected chi connectivity index (χ0v) is 47.5. The van der Waals surface area contributed by atoms with E-state index < -0.39 is 86.8 Å². The van der Waals surface area contributed by atoms with Crippen LogP contribution in [-0.4, -0.2) is 140 Å². The summed E-state index contributed by atoms with van der Waals surface area (Å²) in [6.07, 6.45) is 44.2. The van der Waals surface area contributed by atoms with Crippen molar-refractivity contribution in [3.8, 4) is 0 Å². The van der Waals surface area contributed by atoms with E-state index in [1.54, 1.807) is 6.08 Å². The van der Waals surface area contributed by atoms with Crippen LogP contribution in [0, 0.1) is 0 Å². The summed E-state index contributed by atoms with van der Waals surface area (Å²) < 4.78 is 22.7. The first-order chi connectivity index (χ1) is 37.1. The monoisotopic (exact) mass is 1080 g/mol. The molecule has 2 heterocycles.